The van der Waals surface area contributed by atoms with Crippen molar-refractivity contribution >= 4 is 29.1 Å². The zero-order valence-electron chi connectivity index (χ0n) is 10.9. The molecule has 3 N–H and O–H groups in total. The van der Waals surface area contributed by atoms with Crippen LogP contribution in [0.4, 0.5) is 4.79 Å². The Morgan fingerprint density at radius 2 is 2.39 bits per heavy atom. The Morgan fingerprint density at radius 3 is 2.94 bits per heavy atom. The Bertz CT molecular complexity index is 366. The summed E-state index contributed by atoms with van der Waals surface area (Å²) in [5.74, 6) is 0.870. The monoisotopic (exact) mass is 288 g/mol. The van der Waals surface area contributed by atoms with Crippen molar-refractivity contribution in [2.75, 3.05) is 18.6 Å². The summed E-state index contributed by atoms with van der Waals surface area (Å²) in [5, 5.41) is 17.6. The van der Waals surface area contributed by atoms with Gasteiger partial charge in [-0.05, 0) is 31.5 Å². The molecule has 2 atom stereocenters. The highest BCUT2D eigenvalue weighted by atomic mass is 32.2. The second-order valence-electron chi connectivity index (χ2n) is 4.43. The fraction of sp³-hybridized carbons (Fsp3) is 0.583. The molecule has 0 fully saturated rings. The van der Waals surface area contributed by atoms with E-state index in [4.69, 9.17) is 0 Å². The van der Waals surface area contributed by atoms with Crippen LogP contribution in [0, 0.1) is 0 Å². The number of rotatable bonds is 6. The number of nitrogens with one attached hydrogen (secondary N) is 2. The van der Waals surface area contributed by atoms with E-state index in [1.807, 2.05) is 30.7 Å². The number of urea groups is 1. The van der Waals surface area contributed by atoms with Crippen molar-refractivity contribution in [2.45, 2.75) is 25.5 Å². The van der Waals surface area contributed by atoms with Crippen molar-refractivity contribution in [3.05, 3.63) is 22.4 Å². The summed E-state index contributed by atoms with van der Waals surface area (Å²) in [6.45, 7) is 3.85. The maximum Gasteiger partial charge on any atom is 0.315 e. The van der Waals surface area contributed by atoms with Crippen LogP contribution in [0.3, 0.4) is 0 Å². The maximum absolute atomic E-state index is 11.6. The predicted molar refractivity (Wildman–Crippen MR) is 78.3 cm³/mol. The van der Waals surface area contributed by atoms with Gasteiger partial charge < -0.3 is 15.7 Å². The van der Waals surface area contributed by atoms with Gasteiger partial charge >= 0.3 is 6.03 Å². The lowest BCUT2D eigenvalue weighted by Crippen LogP contribution is -2.46. The Labute approximate surface area is 116 Å². The summed E-state index contributed by atoms with van der Waals surface area (Å²) >= 11 is 3.16. The molecule has 0 radical (unpaired) electrons. The lowest BCUT2D eigenvalue weighted by molar-refractivity contribution is 0.0630. The largest absolute Gasteiger partial charge is 0.383 e. The third-order valence-corrected chi connectivity index (χ3v) is 4.40. The molecular weight excluding hydrogens is 268 g/mol. The molecule has 1 rings (SSSR count). The van der Waals surface area contributed by atoms with Crippen LogP contribution in [0.2, 0.25) is 0 Å². The van der Waals surface area contributed by atoms with Crippen LogP contribution in [-0.2, 0) is 5.60 Å². The van der Waals surface area contributed by atoms with E-state index in [0.717, 1.165) is 10.6 Å². The number of hydrogen-bond donors (Lipinski definition) is 3. The van der Waals surface area contributed by atoms with E-state index in [2.05, 4.69) is 10.6 Å². The van der Waals surface area contributed by atoms with E-state index >= 15 is 0 Å². The van der Waals surface area contributed by atoms with Crippen molar-refractivity contribution in [2.24, 2.45) is 0 Å². The molecule has 6 heteroatoms. The van der Waals surface area contributed by atoms with Crippen LogP contribution in [-0.4, -0.2) is 35.7 Å². The molecule has 1 heterocycles. The Morgan fingerprint density at radius 1 is 1.67 bits per heavy atom. The van der Waals surface area contributed by atoms with Crippen molar-refractivity contribution in [1.82, 2.24) is 10.6 Å². The smallest absolute Gasteiger partial charge is 0.315 e. The average molecular weight is 288 g/mol. The lowest BCUT2D eigenvalue weighted by Gasteiger charge is -2.23. The van der Waals surface area contributed by atoms with E-state index in [9.17, 15) is 9.90 Å². The number of thioether (sulfide) groups is 1. The Hall–Kier alpha value is -0.720. The highest BCUT2D eigenvalue weighted by molar-refractivity contribution is 7.98. The fourth-order valence-corrected chi connectivity index (χ4v) is 2.86. The van der Waals surface area contributed by atoms with Gasteiger partial charge in [0, 0.05) is 16.7 Å². The number of aliphatic hydroxyl groups is 1. The van der Waals surface area contributed by atoms with E-state index < -0.39 is 5.60 Å². The SMILES string of the molecule is CSC[C@H](C)NC(=O)NC[C@@](C)(O)c1cccs1. The first-order valence-corrected chi connectivity index (χ1v) is 8.02. The Kier molecular flexibility index (Phi) is 5.98. The molecule has 1 aromatic rings. The van der Waals surface area contributed by atoms with Gasteiger partial charge in [-0.25, -0.2) is 4.79 Å². The zero-order chi connectivity index (χ0) is 13.6. The van der Waals surface area contributed by atoms with E-state index in [1.165, 1.54) is 11.3 Å². The number of carbonyl (C=O) groups is 1. The van der Waals surface area contributed by atoms with Crippen LogP contribution < -0.4 is 10.6 Å². The molecule has 0 spiro atoms. The molecule has 0 unspecified atom stereocenters. The standard InChI is InChI=1S/C12H20N2O2S2/c1-9(7-17-3)14-11(15)13-8-12(2,16)10-5-4-6-18-10/h4-6,9,16H,7-8H2,1-3H3,(H2,13,14,15)/t9-,12+/m0/s1. The quantitative estimate of drug-likeness (QED) is 0.750. The molecule has 0 aliphatic carbocycles. The summed E-state index contributed by atoms with van der Waals surface area (Å²) in [5.41, 5.74) is -1.02. The van der Waals surface area contributed by atoms with Gasteiger partial charge in [0.1, 0.15) is 5.60 Å². The minimum atomic E-state index is -1.02. The molecule has 1 aromatic heterocycles. The molecular formula is C12H20N2O2S2. The zero-order valence-corrected chi connectivity index (χ0v) is 12.5. The van der Waals surface area contributed by atoms with Crippen molar-refractivity contribution in [3.8, 4) is 0 Å². The number of carbonyl (C=O) groups excluding carboxylic acids is 1. The summed E-state index contributed by atoms with van der Waals surface area (Å²) < 4.78 is 0. The van der Waals surface area contributed by atoms with Crippen molar-refractivity contribution in [1.29, 1.82) is 0 Å². The minimum absolute atomic E-state index is 0.117. The van der Waals surface area contributed by atoms with Crippen molar-refractivity contribution < 1.29 is 9.90 Å². The summed E-state index contributed by atoms with van der Waals surface area (Å²) in [7, 11) is 0. The molecule has 102 valence electrons. The van der Waals surface area contributed by atoms with Crippen molar-refractivity contribution in [3.63, 3.8) is 0 Å². The third-order valence-electron chi connectivity index (χ3n) is 2.44. The van der Waals surface area contributed by atoms with E-state index in [-0.39, 0.29) is 18.6 Å². The molecule has 0 aliphatic rings. The van der Waals surface area contributed by atoms with Crippen LogP contribution in [0.25, 0.3) is 0 Å². The number of amides is 2. The molecule has 0 bridgehead atoms. The molecule has 4 nitrogen and oxygen atoms in total. The van der Waals surface area contributed by atoms with Gasteiger partial charge in [-0.2, -0.15) is 11.8 Å². The predicted octanol–water partition coefficient (Wildman–Crippen LogP) is 2.01. The van der Waals surface area contributed by atoms with Gasteiger partial charge in [-0.1, -0.05) is 6.07 Å². The molecule has 0 aliphatic heterocycles. The third kappa shape index (κ3) is 4.88. The van der Waals surface area contributed by atoms with E-state index in [1.54, 1.807) is 18.7 Å². The van der Waals surface area contributed by atoms with Gasteiger partial charge in [0.2, 0.25) is 0 Å². The minimum Gasteiger partial charge on any atom is -0.383 e. The molecule has 0 aromatic carbocycles. The topological polar surface area (TPSA) is 61.4 Å². The number of thiophene rings is 1. The highest BCUT2D eigenvalue weighted by Crippen LogP contribution is 2.24. The van der Waals surface area contributed by atoms with Gasteiger partial charge in [0.15, 0.2) is 0 Å². The molecule has 0 saturated heterocycles. The summed E-state index contributed by atoms with van der Waals surface area (Å²) in [6.07, 6.45) is 2.00. The highest BCUT2D eigenvalue weighted by Gasteiger charge is 2.24. The van der Waals surface area contributed by atoms with Crippen LogP contribution in [0.15, 0.2) is 17.5 Å². The van der Waals surface area contributed by atoms with Gasteiger partial charge in [-0.3, -0.25) is 0 Å². The fourth-order valence-electron chi connectivity index (χ4n) is 1.49. The van der Waals surface area contributed by atoms with Crippen LogP contribution in [0.1, 0.15) is 18.7 Å². The van der Waals surface area contributed by atoms with Gasteiger partial charge in [0.05, 0.1) is 6.54 Å². The summed E-state index contributed by atoms with van der Waals surface area (Å²) in [4.78, 5) is 12.5. The second-order valence-corrected chi connectivity index (χ2v) is 6.29. The average Bonchev–Trinajstić information content (AvgIpc) is 2.81. The molecule has 18 heavy (non-hydrogen) atoms. The first-order valence-electron chi connectivity index (χ1n) is 5.75. The summed E-state index contributed by atoms with van der Waals surface area (Å²) in [6, 6.07) is 3.62. The van der Waals surface area contributed by atoms with E-state index in [0.29, 0.717) is 0 Å². The first-order chi connectivity index (χ1) is 8.45. The Balaban J connectivity index is 2.38. The second kappa shape index (κ2) is 7.01. The maximum atomic E-state index is 11.6. The van der Waals surface area contributed by atoms with Gasteiger partial charge in [-0.15, -0.1) is 11.3 Å². The first kappa shape index (κ1) is 15.3. The number of hydrogen-bond acceptors (Lipinski definition) is 4. The lowest BCUT2D eigenvalue weighted by atomic mass is 10.1. The molecule has 0 saturated carbocycles. The van der Waals surface area contributed by atoms with Crippen LogP contribution in [0.5, 0.6) is 0 Å². The van der Waals surface area contributed by atoms with Crippen LogP contribution >= 0.6 is 23.1 Å². The molecule has 2 amide bonds. The van der Waals surface area contributed by atoms with Gasteiger partial charge in [0.25, 0.3) is 0 Å². The normalized spacial score (nSPS) is 15.8.